The highest BCUT2D eigenvalue weighted by molar-refractivity contribution is 6.03. The molecule has 1 aliphatic rings. The lowest BCUT2D eigenvalue weighted by molar-refractivity contribution is -0.141. The van der Waals surface area contributed by atoms with Gasteiger partial charge in [0.1, 0.15) is 11.5 Å². The Morgan fingerprint density at radius 1 is 1.35 bits per heavy atom. The molecule has 6 heteroatoms. The highest BCUT2D eigenvalue weighted by Crippen LogP contribution is 2.42. The van der Waals surface area contributed by atoms with Crippen molar-refractivity contribution in [3.8, 4) is 11.5 Å². The minimum atomic E-state index is -0.894. The summed E-state index contributed by atoms with van der Waals surface area (Å²) in [5.74, 6) is 0.201. The molecule has 1 heterocycles. The molecule has 1 N–H and O–H groups in total. The predicted octanol–water partition coefficient (Wildman–Crippen LogP) is 2.63. The largest absolute Gasteiger partial charge is 0.508 e. The Kier molecular flexibility index (Phi) is 5.13. The molecule has 6 nitrogen and oxygen atoms in total. The molecule has 0 aromatic heterocycles. The number of benzene rings is 1. The number of anilines is 1. The second kappa shape index (κ2) is 6.89. The second-order valence-electron chi connectivity index (χ2n) is 5.59. The summed E-state index contributed by atoms with van der Waals surface area (Å²) in [6.45, 7) is 4.20. The predicted molar refractivity (Wildman–Crippen MR) is 85.7 cm³/mol. The van der Waals surface area contributed by atoms with Crippen LogP contribution in [0.15, 0.2) is 18.2 Å². The molecule has 1 amide bonds. The third kappa shape index (κ3) is 3.25. The van der Waals surface area contributed by atoms with Gasteiger partial charge in [-0.1, -0.05) is 13.8 Å². The fourth-order valence-electron chi connectivity index (χ4n) is 2.81. The van der Waals surface area contributed by atoms with E-state index < -0.39 is 5.60 Å². The summed E-state index contributed by atoms with van der Waals surface area (Å²) >= 11 is 0. The maximum Gasteiger partial charge on any atom is 0.305 e. The fraction of sp³-hybridized carbons (Fsp3) is 0.529. The quantitative estimate of drug-likeness (QED) is 0.815. The number of fused-ring (bicyclic) bond motifs is 1. The molecule has 0 saturated heterocycles. The molecular formula is C17H23NO5. The molecule has 1 aromatic carbocycles. The molecule has 0 fully saturated rings. The molecule has 0 unspecified atom stereocenters. The van der Waals surface area contributed by atoms with Gasteiger partial charge in [0.05, 0.1) is 12.8 Å². The van der Waals surface area contributed by atoms with Crippen LogP contribution in [-0.4, -0.2) is 36.2 Å². The van der Waals surface area contributed by atoms with Gasteiger partial charge in [0.2, 0.25) is 0 Å². The van der Waals surface area contributed by atoms with Gasteiger partial charge in [0, 0.05) is 19.0 Å². The number of esters is 1. The van der Waals surface area contributed by atoms with E-state index in [2.05, 4.69) is 4.74 Å². The topological polar surface area (TPSA) is 76.1 Å². The number of carbonyl (C=O) groups excluding carboxylic acids is 2. The van der Waals surface area contributed by atoms with Crippen LogP contribution >= 0.6 is 0 Å². The zero-order valence-electron chi connectivity index (χ0n) is 13.8. The monoisotopic (exact) mass is 321 g/mol. The van der Waals surface area contributed by atoms with E-state index in [1.807, 2.05) is 13.8 Å². The van der Waals surface area contributed by atoms with Crippen molar-refractivity contribution in [2.24, 2.45) is 0 Å². The van der Waals surface area contributed by atoms with E-state index in [4.69, 9.17) is 4.74 Å². The van der Waals surface area contributed by atoms with Crippen molar-refractivity contribution in [1.29, 1.82) is 0 Å². The van der Waals surface area contributed by atoms with Gasteiger partial charge in [0.25, 0.3) is 5.91 Å². The number of methoxy groups -OCH3 is 1. The molecule has 0 bridgehead atoms. The maximum atomic E-state index is 12.9. The van der Waals surface area contributed by atoms with Crippen LogP contribution in [0.5, 0.6) is 11.5 Å². The van der Waals surface area contributed by atoms with Crippen LogP contribution in [-0.2, 0) is 14.3 Å². The van der Waals surface area contributed by atoms with Gasteiger partial charge < -0.3 is 19.5 Å². The Balaban J connectivity index is 2.31. The molecule has 0 saturated carbocycles. The van der Waals surface area contributed by atoms with Crippen molar-refractivity contribution in [1.82, 2.24) is 0 Å². The molecule has 0 aliphatic carbocycles. The molecule has 2 rings (SSSR count). The molecule has 1 aromatic rings. The lowest BCUT2D eigenvalue weighted by atomic mass is 9.92. The third-order valence-corrected chi connectivity index (χ3v) is 4.31. The van der Waals surface area contributed by atoms with E-state index in [0.717, 1.165) is 0 Å². The Morgan fingerprint density at radius 2 is 2.04 bits per heavy atom. The summed E-state index contributed by atoms with van der Waals surface area (Å²) < 4.78 is 10.6. The Labute approximate surface area is 136 Å². The average molecular weight is 321 g/mol. The smallest absolute Gasteiger partial charge is 0.305 e. The molecule has 126 valence electrons. The highest BCUT2D eigenvalue weighted by atomic mass is 16.5. The van der Waals surface area contributed by atoms with Gasteiger partial charge in [-0.2, -0.15) is 0 Å². The average Bonchev–Trinajstić information content (AvgIpc) is 2.56. The van der Waals surface area contributed by atoms with Crippen LogP contribution in [0, 0.1) is 0 Å². The van der Waals surface area contributed by atoms with Crippen LogP contribution in [0.3, 0.4) is 0 Å². The van der Waals surface area contributed by atoms with E-state index in [-0.39, 0.29) is 24.0 Å². The number of amides is 1. The maximum absolute atomic E-state index is 12.9. The fourth-order valence-corrected chi connectivity index (χ4v) is 2.81. The number of rotatable bonds is 6. The van der Waals surface area contributed by atoms with Crippen LogP contribution < -0.4 is 9.64 Å². The summed E-state index contributed by atoms with van der Waals surface area (Å²) in [4.78, 5) is 25.8. The van der Waals surface area contributed by atoms with Gasteiger partial charge in [-0.3, -0.25) is 9.59 Å². The minimum Gasteiger partial charge on any atom is -0.508 e. The summed E-state index contributed by atoms with van der Waals surface area (Å²) in [6, 6.07) is 4.72. The van der Waals surface area contributed by atoms with Crippen molar-refractivity contribution in [3.05, 3.63) is 18.2 Å². The first-order valence-electron chi connectivity index (χ1n) is 7.88. The Hall–Kier alpha value is -2.24. The van der Waals surface area contributed by atoms with E-state index in [1.165, 1.54) is 19.2 Å². The second-order valence-corrected chi connectivity index (χ2v) is 5.59. The normalized spacial score (nSPS) is 15.8. The van der Waals surface area contributed by atoms with E-state index in [9.17, 15) is 14.7 Å². The van der Waals surface area contributed by atoms with Gasteiger partial charge in [0.15, 0.2) is 5.60 Å². The lowest BCUT2D eigenvalue weighted by Gasteiger charge is -2.42. The van der Waals surface area contributed by atoms with E-state index in [1.54, 1.807) is 11.0 Å². The Morgan fingerprint density at radius 3 is 2.65 bits per heavy atom. The van der Waals surface area contributed by atoms with Crippen LogP contribution in [0.1, 0.15) is 39.5 Å². The third-order valence-electron chi connectivity index (χ3n) is 4.31. The standard InChI is InChI=1S/C17H23NO5/c1-4-17(5-2)16(21)18(10-6-7-15(20)22-3)13-11-12(19)8-9-14(13)23-17/h8-9,11,19H,4-7,10H2,1-3H3. The number of hydrogen-bond donors (Lipinski definition) is 1. The molecule has 23 heavy (non-hydrogen) atoms. The number of phenols is 1. The molecule has 0 atom stereocenters. The zero-order chi connectivity index (χ0) is 17.0. The number of ether oxygens (including phenoxy) is 2. The van der Waals surface area contributed by atoms with Crippen molar-refractivity contribution < 1.29 is 24.2 Å². The molecule has 1 aliphatic heterocycles. The van der Waals surface area contributed by atoms with Crippen molar-refractivity contribution in [2.75, 3.05) is 18.6 Å². The van der Waals surface area contributed by atoms with Gasteiger partial charge in [-0.15, -0.1) is 0 Å². The van der Waals surface area contributed by atoms with Crippen molar-refractivity contribution in [2.45, 2.75) is 45.1 Å². The summed E-state index contributed by atoms with van der Waals surface area (Å²) in [6.07, 6.45) is 1.82. The first-order chi connectivity index (χ1) is 11.0. The molecule has 0 spiro atoms. The highest BCUT2D eigenvalue weighted by Gasteiger charge is 2.45. The molecule has 0 radical (unpaired) electrons. The first kappa shape index (κ1) is 17.1. The SMILES string of the molecule is CCC1(CC)Oc2ccc(O)cc2N(CCCC(=O)OC)C1=O. The van der Waals surface area contributed by atoms with Gasteiger partial charge in [-0.05, 0) is 31.4 Å². The van der Waals surface area contributed by atoms with E-state index >= 15 is 0 Å². The number of aromatic hydroxyl groups is 1. The summed E-state index contributed by atoms with van der Waals surface area (Å²) in [5.41, 5.74) is -0.354. The van der Waals surface area contributed by atoms with Crippen molar-refractivity contribution >= 4 is 17.6 Å². The Bertz CT molecular complexity index is 595. The van der Waals surface area contributed by atoms with Crippen LogP contribution in [0.2, 0.25) is 0 Å². The number of carbonyl (C=O) groups is 2. The van der Waals surface area contributed by atoms with E-state index in [0.29, 0.717) is 37.2 Å². The summed E-state index contributed by atoms with van der Waals surface area (Å²) in [7, 11) is 1.34. The summed E-state index contributed by atoms with van der Waals surface area (Å²) in [5, 5.41) is 9.72. The van der Waals surface area contributed by atoms with Gasteiger partial charge >= 0.3 is 5.97 Å². The zero-order valence-corrected chi connectivity index (χ0v) is 13.8. The minimum absolute atomic E-state index is 0.0682. The van der Waals surface area contributed by atoms with Gasteiger partial charge in [-0.25, -0.2) is 0 Å². The first-order valence-corrected chi connectivity index (χ1v) is 7.88. The number of phenolic OH excluding ortho intramolecular Hbond substituents is 1. The lowest BCUT2D eigenvalue weighted by Crippen LogP contribution is -2.55. The molecular weight excluding hydrogens is 298 g/mol. The van der Waals surface area contributed by atoms with Crippen LogP contribution in [0.25, 0.3) is 0 Å². The number of hydrogen-bond acceptors (Lipinski definition) is 5. The number of nitrogens with zero attached hydrogens (tertiary/aromatic N) is 1. The van der Waals surface area contributed by atoms with Crippen molar-refractivity contribution in [3.63, 3.8) is 0 Å². The van der Waals surface area contributed by atoms with Crippen LogP contribution in [0.4, 0.5) is 5.69 Å².